The first-order valence-corrected chi connectivity index (χ1v) is 10.9. The number of phenols is 1. The van der Waals surface area contributed by atoms with Gasteiger partial charge >= 0.3 is 0 Å². The molecule has 33 heavy (non-hydrogen) atoms. The summed E-state index contributed by atoms with van der Waals surface area (Å²) in [5.41, 5.74) is 3.12. The van der Waals surface area contributed by atoms with E-state index in [2.05, 4.69) is 20.5 Å². The second-order valence-electron chi connectivity index (χ2n) is 8.43. The molecule has 0 saturated carbocycles. The number of aromatic hydroxyl groups is 1. The van der Waals surface area contributed by atoms with Gasteiger partial charge in [0.05, 0.1) is 22.3 Å². The SMILES string of the molecule is Cc1n[nH]c2nc(-c3ccc(O)cc3F)cc(C(=O)N3C[C@@H](c4ccccc4)NC[C@@H]3C)c12. The fraction of sp³-hybridized carbons (Fsp3) is 0.240. The smallest absolute Gasteiger partial charge is 0.255 e. The van der Waals surface area contributed by atoms with Gasteiger partial charge < -0.3 is 15.3 Å². The van der Waals surface area contributed by atoms with Gasteiger partial charge in [-0.15, -0.1) is 0 Å². The molecule has 2 atom stereocenters. The summed E-state index contributed by atoms with van der Waals surface area (Å²) < 4.78 is 14.6. The van der Waals surface area contributed by atoms with Gasteiger partial charge in [-0.25, -0.2) is 9.37 Å². The molecule has 2 aromatic heterocycles. The zero-order chi connectivity index (χ0) is 23.1. The number of carbonyl (C=O) groups excluding carboxylic acids is 1. The Labute approximate surface area is 190 Å². The maximum Gasteiger partial charge on any atom is 0.255 e. The van der Waals surface area contributed by atoms with Gasteiger partial charge in [-0.05, 0) is 37.6 Å². The lowest BCUT2D eigenvalue weighted by atomic mass is 9.99. The van der Waals surface area contributed by atoms with Crippen LogP contribution in [0, 0.1) is 12.7 Å². The first-order chi connectivity index (χ1) is 15.9. The van der Waals surface area contributed by atoms with Gasteiger partial charge in [0, 0.05) is 36.8 Å². The van der Waals surface area contributed by atoms with Gasteiger partial charge in [0.25, 0.3) is 5.91 Å². The fourth-order valence-corrected chi connectivity index (χ4v) is 4.41. The molecule has 0 bridgehead atoms. The Bertz CT molecular complexity index is 1340. The quantitative estimate of drug-likeness (QED) is 0.444. The Morgan fingerprint density at radius 3 is 2.73 bits per heavy atom. The highest BCUT2D eigenvalue weighted by molar-refractivity contribution is 6.07. The van der Waals surface area contributed by atoms with Crippen molar-refractivity contribution in [2.45, 2.75) is 25.9 Å². The van der Waals surface area contributed by atoms with Crippen LogP contribution in [0.25, 0.3) is 22.3 Å². The Morgan fingerprint density at radius 2 is 1.97 bits per heavy atom. The topological polar surface area (TPSA) is 94.1 Å². The summed E-state index contributed by atoms with van der Waals surface area (Å²) in [6.45, 7) is 4.98. The van der Waals surface area contributed by atoms with E-state index in [1.54, 1.807) is 6.07 Å². The third-order valence-electron chi connectivity index (χ3n) is 6.20. The minimum atomic E-state index is -0.615. The van der Waals surface area contributed by atoms with E-state index < -0.39 is 5.82 Å². The number of nitrogens with one attached hydrogen (secondary N) is 2. The van der Waals surface area contributed by atoms with Crippen molar-refractivity contribution in [2.75, 3.05) is 13.1 Å². The van der Waals surface area contributed by atoms with E-state index in [1.165, 1.54) is 12.1 Å². The number of amides is 1. The predicted molar refractivity (Wildman–Crippen MR) is 123 cm³/mol. The largest absolute Gasteiger partial charge is 0.508 e. The second-order valence-corrected chi connectivity index (χ2v) is 8.43. The lowest BCUT2D eigenvalue weighted by molar-refractivity contribution is 0.0609. The van der Waals surface area contributed by atoms with Crippen molar-refractivity contribution in [2.24, 2.45) is 0 Å². The number of aromatic nitrogens is 3. The highest BCUT2D eigenvalue weighted by Crippen LogP contribution is 2.31. The molecule has 8 heteroatoms. The van der Waals surface area contributed by atoms with E-state index >= 15 is 0 Å². The minimum Gasteiger partial charge on any atom is -0.508 e. The number of carbonyl (C=O) groups is 1. The number of aromatic amines is 1. The molecule has 7 nitrogen and oxygen atoms in total. The average Bonchev–Trinajstić information content (AvgIpc) is 3.19. The number of aryl methyl sites for hydroxylation is 1. The number of nitrogens with zero attached hydrogens (tertiary/aromatic N) is 3. The molecular weight excluding hydrogens is 421 g/mol. The van der Waals surface area contributed by atoms with Crippen LogP contribution in [-0.4, -0.2) is 50.2 Å². The van der Waals surface area contributed by atoms with Crippen LogP contribution in [0.4, 0.5) is 4.39 Å². The molecule has 0 aliphatic carbocycles. The van der Waals surface area contributed by atoms with Gasteiger partial charge in [0.1, 0.15) is 11.6 Å². The number of hydrogen-bond donors (Lipinski definition) is 3. The number of halogens is 1. The van der Waals surface area contributed by atoms with Gasteiger partial charge in [-0.2, -0.15) is 5.10 Å². The maximum atomic E-state index is 14.6. The molecule has 2 aromatic carbocycles. The van der Waals surface area contributed by atoms with Crippen LogP contribution in [0.15, 0.2) is 54.6 Å². The summed E-state index contributed by atoms with van der Waals surface area (Å²) in [5.74, 6) is -0.939. The van der Waals surface area contributed by atoms with Crippen LogP contribution in [0.1, 0.15) is 34.6 Å². The summed E-state index contributed by atoms with van der Waals surface area (Å²) in [4.78, 5) is 20.2. The van der Waals surface area contributed by atoms with Crippen molar-refractivity contribution in [3.05, 3.63) is 77.2 Å². The molecule has 5 rings (SSSR count). The lowest BCUT2D eigenvalue weighted by Gasteiger charge is -2.39. The molecule has 4 aromatic rings. The maximum absolute atomic E-state index is 14.6. The van der Waals surface area contributed by atoms with Crippen molar-refractivity contribution in [3.63, 3.8) is 0 Å². The van der Waals surface area contributed by atoms with Gasteiger partial charge in [-0.1, -0.05) is 30.3 Å². The molecule has 1 amide bonds. The van der Waals surface area contributed by atoms with E-state index in [-0.39, 0.29) is 29.3 Å². The Balaban J connectivity index is 1.58. The van der Waals surface area contributed by atoms with E-state index in [4.69, 9.17) is 0 Å². The number of pyridine rings is 1. The van der Waals surface area contributed by atoms with E-state index in [0.717, 1.165) is 11.6 Å². The van der Waals surface area contributed by atoms with Crippen molar-refractivity contribution < 1.29 is 14.3 Å². The molecule has 0 unspecified atom stereocenters. The highest BCUT2D eigenvalue weighted by Gasteiger charge is 2.32. The van der Waals surface area contributed by atoms with E-state index in [0.29, 0.717) is 41.1 Å². The lowest BCUT2D eigenvalue weighted by Crippen LogP contribution is -2.53. The van der Waals surface area contributed by atoms with Crippen molar-refractivity contribution >= 4 is 16.9 Å². The summed E-state index contributed by atoms with van der Waals surface area (Å²) >= 11 is 0. The monoisotopic (exact) mass is 445 g/mol. The van der Waals surface area contributed by atoms with Crippen LogP contribution in [0.3, 0.4) is 0 Å². The third-order valence-corrected chi connectivity index (χ3v) is 6.20. The van der Waals surface area contributed by atoms with Crippen molar-refractivity contribution in [1.82, 2.24) is 25.4 Å². The number of piperazine rings is 1. The number of benzene rings is 2. The van der Waals surface area contributed by atoms with Crippen LogP contribution in [0.5, 0.6) is 5.75 Å². The Kier molecular flexibility index (Phi) is 5.30. The van der Waals surface area contributed by atoms with Crippen molar-refractivity contribution in [3.8, 4) is 17.0 Å². The Hall–Kier alpha value is -3.78. The second kappa shape index (κ2) is 8.29. The normalized spacial score (nSPS) is 18.6. The number of H-pyrrole nitrogens is 1. The highest BCUT2D eigenvalue weighted by atomic mass is 19.1. The number of hydrogen-bond acceptors (Lipinski definition) is 5. The zero-order valence-electron chi connectivity index (χ0n) is 18.3. The molecule has 0 radical (unpaired) electrons. The van der Waals surface area contributed by atoms with Crippen LogP contribution in [-0.2, 0) is 0 Å². The molecule has 1 fully saturated rings. The molecule has 3 N–H and O–H groups in total. The molecule has 1 saturated heterocycles. The summed E-state index contributed by atoms with van der Waals surface area (Å²) in [6.07, 6.45) is 0. The van der Waals surface area contributed by atoms with Crippen LogP contribution in [0.2, 0.25) is 0 Å². The zero-order valence-corrected chi connectivity index (χ0v) is 18.3. The number of phenolic OH excluding ortho intramolecular Hbond substituents is 1. The molecule has 3 heterocycles. The standard InChI is InChI=1S/C25H24FN5O2/c1-14-12-27-22(16-6-4-3-5-7-16)13-31(14)25(33)19-11-21(18-9-8-17(32)10-20(18)26)28-24-23(19)15(2)29-30-24/h3-11,14,22,27,32H,12-13H2,1-2H3,(H,28,29,30)/t14-,22-/m0/s1. The fourth-order valence-electron chi connectivity index (χ4n) is 4.41. The van der Waals surface area contributed by atoms with Crippen LogP contribution < -0.4 is 5.32 Å². The molecule has 0 spiro atoms. The molecular formula is C25H24FN5O2. The molecule has 1 aliphatic heterocycles. The van der Waals surface area contributed by atoms with Crippen molar-refractivity contribution in [1.29, 1.82) is 0 Å². The first kappa shape index (κ1) is 21.1. The average molecular weight is 445 g/mol. The Morgan fingerprint density at radius 1 is 1.18 bits per heavy atom. The third kappa shape index (κ3) is 3.82. The van der Waals surface area contributed by atoms with Gasteiger partial charge in [-0.3, -0.25) is 9.89 Å². The summed E-state index contributed by atoms with van der Waals surface area (Å²) in [6, 6.07) is 15.5. The summed E-state index contributed by atoms with van der Waals surface area (Å²) in [7, 11) is 0. The van der Waals surface area contributed by atoms with E-state index in [9.17, 15) is 14.3 Å². The van der Waals surface area contributed by atoms with E-state index in [1.807, 2.05) is 49.1 Å². The number of fused-ring (bicyclic) bond motifs is 1. The molecule has 1 aliphatic rings. The first-order valence-electron chi connectivity index (χ1n) is 10.9. The molecule has 168 valence electrons. The predicted octanol–water partition coefficient (Wildman–Crippen LogP) is 3.95. The minimum absolute atomic E-state index is 0.0168. The van der Waals surface area contributed by atoms with Crippen LogP contribution >= 0.6 is 0 Å². The van der Waals surface area contributed by atoms with Gasteiger partial charge in [0.2, 0.25) is 0 Å². The summed E-state index contributed by atoms with van der Waals surface area (Å²) in [5, 5.41) is 20.8. The number of rotatable bonds is 3. The van der Waals surface area contributed by atoms with Gasteiger partial charge in [0.15, 0.2) is 5.65 Å².